The Morgan fingerprint density at radius 3 is 1.65 bits per heavy atom. The van der Waals surface area contributed by atoms with Crippen LogP contribution in [0.3, 0.4) is 0 Å². The molecule has 2 aliphatic heterocycles. The number of ether oxygens (including phenoxy) is 3. The second-order valence-corrected chi connectivity index (χ2v) is 30.7. The fraction of sp³-hybridized carbons (Fsp3) is 0.373. The lowest BCUT2D eigenvalue weighted by Crippen LogP contribution is -2.63. The van der Waals surface area contributed by atoms with Crippen molar-refractivity contribution >= 4 is 211 Å². The van der Waals surface area contributed by atoms with Crippen molar-refractivity contribution in [2.75, 3.05) is 74.6 Å². The molecule has 0 atom stereocenters. The van der Waals surface area contributed by atoms with Crippen molar-refractivity contribution in [2.24, 2.45) is 0 Å². The minimum Gasteiger partial charge on any atom is -0.690 e. The Labute approximate surface area is 600 Å². The Morgan fingerprint density at radius 2 is 1.18 bits per heavy atom. The van der Waals surface area contributed by atoms with Gasteiger partial charge in [0.2, 0.25) is 11.2 Å². The van der Waals surface area contributed by atoms with Gasteiger partial charge in [0.05, 0.1) is 68.1 Å². The van der Waals surface area contributed by atoms with Crippen LogP contribution in [0.2, 0.25) is 5.28 Å². The molecule has 97 heavy (non-hydrogen) atoms. The van der Waals surface area contributed by atoms with Crippen molar-refractivity contribution in [3.63, 3.8) is 0 Å². The molecule has 14 radical (unpaired) electrons. The highest BCUT2D eigenvalue weighted by molar-refractivity contribution is 9.11. The lowest BCUT2D eigenvalue weighted by Gasteiger charge is -2.34. The number of halogens is 3. The number of nitrogens with zero attached hydrogens (tertiary/aromatic N) is 9. The molecule has 4 aromatic carbocycles. The quantitative estimate of drug-likeness (QED) is 0.0313. The van der Waals surface area contributed by atoms with E-state index in [1.165, 1.54) is 54.2 Å². The first-order valence-corrected chi connectivity index (χ1v) is 36.8. The number of nitrogens with two attached hydrogens (primary N) is 1. The van der Waals surface area contributed by atoms with Crippen LogP contribution in [0.4, 0.5) is 45.1 Å². The molecule has 22 nitrogen and oxygen atoms in total. The molecule has 0 unspecified atom stereocenters. The van der Waals surface area contributed by atoms with Crippen LogP contribution in [-0.4, -0.2) is 205 Å². The summed E-state index contributed by atoms with van der Waals surface area (Å²) in [7, 11) is 30.1. The highest BCUT2D eigenvalue weighted by Crippen LogP contribution is 2.39. The maximum absolute atomic E-state index is 12.3. The van der Waals surface area contributed by atoms with Crippen LogP contribution in [0.25, 0.3) is 22.1 Å². The topological polar surface area (TPSA) is 294 Å². The summed E-state index contributed by atoms with van der Waals surface area (Å²) in [5.74, 6) is 3.24. The maximum atomic E-state index is 12.3. The van der Waals surface area contributed by atoms with Crippen molar-refractivity contribution in [1.29, 1.82) is 0 Å². The molecule has 0 saturated carbocycles. The number of sulfone groups is 2. The Morgan fingerprint density at radius 1 is 0.701 bits per heavy atom. The molecule has 2 aliphatic rings. The Balaban J connectivity index is 0.000000198. The Kier molecular flexibility index (Phi) is 28.2. The second-order valence-electron chi connectivity index (χ2n) is 24.4. The van der Waals surface area contributed by atoms with E-state index in [1.807, 2.05) is 32.9 Å². The number of aryl methyl sites for hydroxylation is 2. The number of aromatic nitrogens is 8. The zero-order valence-electron chi connectivity index (χ0n) is 55.5. The third kappa shape index (κ3) is 22.6. The molecule has 38 heteroatoms. The molecule has 2 saturated heterocycles. The molecular weight excluding hydrogens is 1410 g/mol. The average molecular weight is 1480 g/mol. The molecule has 8 aromatic rings. The number of hydrogen-bond donors (Lipinski definition) is 5. The minimum absolute atomic E-state index is 0.0749. The summed E-state index contributed by atoms with van der Waals surface area (Å²) in [5, 5.41) is 13.1. The largest absolute Gasteiger partial charge is 0.690 e. The minimum atomic E-state index is -3.35. The molecule has 6 N–H and O–H groups in total. The highest BCUT2D eigenvalue weighted by Gasteiger charge is 2.30. The fourth-order valence-corrected chi connectivity index (χ4v) is 13.4. The van der Waals surface area contributed by atoms with E-state index in [2.05, 4.69) is 119 Å². The normalized spacial score (nSPS) is 13.5. The molecule has 1 amide bonds. The van der Waals surface area contributed by atoms with E-state index >= 15 is 0 Å². The number of likely N-dealkylation sites (tertiary alicyclic amines) is 1. The van der Waals surface area contributed by atoms with Crippen LogP contribution in [0.15, 0.2) is 94.7 Å². The number of anilines is 7. The third-order valence-corrected chi connectivity index (χ3v) is 18.6. The first kappa shape index (κ1) is 78.0. The van der Waals surface area contributed by atoms with Crippen molar-refractivity contribution in [1.82, 2.24) is 50.1 Å². The van der Waals surface area contributed by atoms with Crippen molar-refractivity contribution < 1.29 is 35.8 Å². The number of carbonyl (C=O) groups is 1. The highest BCUT2D eigenvalue weighted by atomic mass is 79.9. The van der Waals surface area contributed by atoms with Gasteiger partial charge in [-0.2, -0.15) is 9.97 Å². The summed E-state index contributed by atoms with van der Waals surface area (Å²) in [4.78, 5) is 48.2. The van der Waals surface area contributed by atoms with Gasteiger partial charge in [-0.1, -0.05) is 0 Å². The molecule has 4 aromatic heterocycles. The molecule has 6 heterocycles. The van der Waals surface area contributed by atoms with Crippen LogP contribution >= 0.6 is 43.5 Å². The van der Waals surface area contributed by atoms with Crippen LogP contribution in [0.5, 0.6) is 11.5 Å². The number of piperidine rings is 2. The summed E-state index contributed by atoms with van der Waals surface area (Å²) in [6.45, 7) is 13.3. The molecule has 0 bridgehead atoms. The number of benzene rings is 4. The molecule has 10 rings (SSSR count). The van der Waals surface area contributed by atoms with Crippen LogP contribution in [0, 0.1) is 13.8 Å². The van der Waals surface area contributed by atoms with E-state index < -0.39 is 44.4 Å². The van der Waals surface area contributed by atoms with Gasteiger partial charge in [-0.15, -0.1) is 0 Å². The van der Waals surface area contributed by atoms with Gasteiger partial charge in [-0.05, 0) is 264 Å². The maximum Gasteiger partial charge on any atom is 0.410 e. The van der Waals surface area contributed by atoms with E-state index in [0.717, 1.165) is 56.0 Å². The van der Waals surface area contributed by atoms with Crippen molar-refractivity contribution in [3.05, 3.63) is 133 Å². The SMILES string of the molecule is COc1cc(C2CCN(C(=O)OC(C)(C)C)CC2)c(C)cc1N.COc1cc(C2CCNCC2)c(C)cc1Nc1ncc(Br)c(Nc2ccc3nccnc3c2CS(C)(=O)=O)n1.CS(=O)(=O)Cc1c(Nc2nc(Cl)ncc2Br)ccc2nccnc12.[B]B([B])B(B([B])[B])B([B])[B][B-]. The lowest BCUT2D eigenvalue weighted by molar-refractivity contribution is 0.0204. The predicted octanol–water partition coefficient (Wildman–Crippen LogP) is 7.63. The van der Waals surface area contributed by atoms with Gasteiger partial charge in [-0.3, -0.25) is 27.0 Å². The summed E-state index contributed by atoms with van der Waals surface area (Å²) >= 11 is 12.7. The van der Waals surface area contributed by atoms with E-state index in [1.54, 1.807) is 68.2 Å². The molecule has 2 fully saturated rings. The lowest BCUT2D eigenvalue weighted by atomic mass is 8.56. The molecule has 490 valence electrons. The van der Waals surface area contributed by atoms with E-state index in [0.29, 0.717) is 102 Å². The summed E-state index contributed by atoms with van der Waals surface area (Å²) in [6.07, 6.45) is 13.4. The standard InChI is InChI=1S/C27H30BrN7O3S.C18H28N2O3.C14H11BrClN5O2S.B11/c1-16-12-23(24(38-2)13-18(16)17-6-8-29-9-7-17)34-27-32-14-20(28)26(35-27)33-21-4-5-22-25(31-11-10-30-22)19(21)15-39(3,36)37;1-12-10-15(19)16(22-5)11-14(12)13-6-8-20(9-7-13)17(21)23-18(2,3)4;1-24(22,23)7-8-10(2-3-11-12(8)18-5-4-17-11)20-13-9(15)6-19-14(16)21-13;1-7-10(6)11(8(2)3)9(4)5/h4-5,10-14,17,29H,6-9,15H2,1-3H3,(H2,32,33,34,35);10-11,13H,6-9,19H2,1-5H3;2-6H,7H2,1H3,(H,19,20,21);/q;;;-1. The summed E-state index contributed by atoms with van der Waals surface area (Å²) in [6, 6.07) is 15.3. The number of amides is 1. The number of carbonyl (C=O) groups excluding carboxylic acids is 1. The zero-order valence-corrected chi connectivity index (χ0v) is 61.0. The number of hydrogen-bond acceptors (Lipinski definition) is 21. The monoisotopic (exact) mass is 1480 g/mol. The van der Waals surface area contributed by atoms with E-state index in [4.69, 9.17) is 78.0 Å². The van der Waals surface area contributed by atoms with Gasteiger partial charge in [-0.25, -0.2) is 31.6 Å². The van der Waals surface area contributed by atoms with Crippen LogP contribution in [0.1, 0.15) is 91.7 Å². The van der Waals surface area contributed by atoms with Gasteiger partial charge in [0.1, 0.15) is 28.7 Å². The Hall–Kier alpha value is -6.39. The number of nitrogen functional groups attached to an aromatic ring is 1. The van der Waals surface area contributed by atoms with Crippen molar-refractivity contribution in [2.45, 2.75) is 89.2 Å². The van der Waals surface area contributed by atoms with Gasteiger partial charge in [0, 0.05) is 85.3 Å². The van der Waals surface area contributed by atoms with Gasteiger partial charge in [0.25, 0.3) is 0 Å². The number of fused-ring (bicyclic) bond motifs is 2. The molecule has 0 spiro atoms. The van der Waals surface area contributed by atoms with Crippen LogP contribution in [-0.2, 0) is 35.9 Å². The summed E-state index contributed by atoms with van der Waals surface area (Å²) in [5.41, 5.74) is 16.3. The molecular formula is C59H69B11Br2ClN14O8S2-. The van der Waals surface area contributed by atoms with Crippen LogP contribution < -0.4 is 36.5 Å². The zero-order chi connectivity index (χ0) is 71.1. The number of methoxy groups -OCH3 is 2. The number of nitrogens with one attached hydrogen (secondary N) is 4. The van der Waals surface area contributed by atoms with Gasteiger partial charge in [0.15, 0.2) is 19.7 Å². The average Bonchev–Trinajstić information content (AvgIpc) is 0.806. The second kappa shape index (κ2) is 35.1. The first-order chi connectivity index (χ1) is 45.8. The number of rotatable bonds is 18. The third-order valence-electron chi connectivity index (χ3n) is 15.6. The van der Waals surface area contributed by atoms with Gasteiger partial charge >= 0.3 is 6.09 Å². The van der Waals surface area contributed by atoms with E-state index in [9.17, 15) is 21.6 Å². The molecule has 0 aliphatic carbocycles. The summed E-state index contributed by atoms with van der Waals surface area (Å²) < 4.78 is 65.9. The van der Waals surface area contributed by atoms with Gasteiger partial charge < -0.3 is 53.8 Å². The predicted molar refractivity (Wildman–Crippen MR) is 408 cm³/mol. The van der Waals surface area contributed by atoms with Crippen molar-refractivity contribution in [3.8, 4) is 11.5 Å². The Bertz CT molecular complexity index is 4290. The first-order valence-electron chi connectivity index (χ1n) is 30.7. The smallest absolute Gasteiger partial charge is 0.410 e. The van der Waals surface area contributed by atoms with E-state index in [-0.39, 0.29) is 29.3 Å². The fourth-order valence-electron chi connectivity index (χ4n) is 11.0.